The number of fused-ring (bicyclic) bond motifs is 1. The van der Waals surface area contributed by atoms with Gasteiger partial charge in [0.05, 0.1) is 6.61 Å². The van der Waals surface area contributed by atoms with Crippen molar-refractivity contribution in [1.29, 1.82) is 0 Å². The lowest BCUT2D eigenvalue weighted by Gasteiger charge is -2.40. The van der Waals surface area contributed by atoms with Gasteiger partial charge in [0.15, 0.2) is 0 Å². The standard InChI is InChI=1S/C16H18O11S/c1-7-4-12(17)26-10-5-8(2-3-9(7)10)25-16-15(20)14(19)13(18)11(27-16)6-24-28(21,22)23/h2-5,11,13-16,18-20H,6H2,1H3,(H,21,22,23)/p-1/t11?,13-,14-,15-,16+/m0/s1. The Kier molecular flexibility index (Phi) is 5.72. The molecule has 1 aliphatic rings. The lowest BCUT2D eigenvalue weighted by molar-refractivity contribution is -0.276. The summed E-state index contributed by atoms with van der Waals surface area (Å²) in [6.07, 6.45) is -8.19. The van der Waals surface area contributed by atoms with E-state index in [9.17, 15) is 33.1 Å². The molecule has 0 bridgehead atoms. The summed E-state index contributed by atoms with van der Waals surface area (Å²) < 4.78 is 51.6. The smallest absolute Gasteiger partial charge is 0.336 e. The summed E-state index contributed by atoms with van der Waals surface area (Å²) >= 11 is 0. The Labute approximate surface area is 158 Å². The first-order valence-corrected chi connectivity index (χ1v) is 9.39. The van der Waals surface area contributed by atoms with E-state index in [2.05, 4.69) is 4.18 Å². The average molecular weight is 417 g/mol. The molecule has 0 radical (unpaired) electrons. The maximum Gasteiger partial charge on any atom is 0.336 e. The van der Waals surface area contributed by atoms with Crippen LogP contribution in [0.3, 0.4) is 0 Å². The molecule has 0 amide bonds. The van der Waals surface area contributed by atoms with Gasteiger partial charge in [0.1, 0.15) is 35.7 Å². The van der Waals surface area contributed by atoms with Crippen LogP contribution in [0.2, 0.25) is 0 Å². The predicted molar refractivity (Wildman–Crippen MR) is 90.2 cm³/mol. The van der Waals surface area contributed by atoms with Gasteiger partial charge >= 0.3 is 5.63 Å². The Balaban J connectivity index is 1.81. The molecule has 1 unspecified atom stereocenters. The maximum atomic E-state index is 11.5. The fourth-order valence-corrected chi connectivity index (χ4v) is 3.12. The Hall–Kier alpha value is -2.06. The summed E-state index contributed by atoms with van der Waals surface area (Å²) in [5.41, 5.74) is 0.331. The molecule has 0 aliphatic carbocycles. The van der Waals surface area contributed by atoms with E-state index in [1.807, 2.05) is 0 Å². The third-order valence-corrected chi connectivity index (χ3v) is 4.64. The molecular weight excluding hydrogens is 400 g/mol. The Morgan fingerprint density at radius 3 is 2.54 bits per heavy atom. The number of aryl methyl sites for hydroxylation is 1. The molecule has 5 atom stereocenters. The number of aliphatic hydroxyl groups excluding tert-OH is 3. The largest absolute Gasteiger partial charge is 0.726 e. The quantitative estimate of drug-likeness (QED) is 0.301. The van der Waals surface area contributed by atoms with Crippen molar-refractivity contribution in [2.45, 2.75) is 37.6 Å². The highest BCUT2D eigenvalue weighted by Crippen LogP contribution is 2.27. The van der Waals surface area contributed by atoms with E-state index in [1.165, 1.54) is 18.2 Å². The molecule has 2 heterocycles. The van der Waals surface area contributed by atoms with E-state index in [0.29, 0.717) is 10.9 Å². The van der Waals surface area contributed by atoms with Gasteiger partial charge in [0.25, 0.3) is 0 Å². The summed E-state index contributed by atoms with van der Waals surface area (Å²) in [7, 11) is -5.05. The molecule has 1 aliphatic heterocycles. The van der Waals surface area contributed by atoms with Crippen molar-refractivity contribution < 1.29 is 46.4 Å². The Morgan fingerprint density at radius 2 is 1.86 bits per heavy atom. The number of aliphatic hydroxyl groups is 3. The summed E-state index contributed by atoms with van der Waals surface area (Å²) in [4.78, 5) is 11.5. The van der Waals surface area contributed by atoms with Crippen molar-refractivity contribution in [1.82, 2.24) is 0 Å². The minimum Gasteiger partial charge on any atom is -0.726 e. The van der Waals surface area contributed by atoms with E-state index < -0.39 is 53.3 Å². The molecule has 3 rings (SSSR count). The van der Waals surface area contributed by atoms with Crippen molar-refractivity contribution in [3.05, 3.63) is 40.2 Å². The highest BCUT2D eigenvalue weighted by atomic mass is 32.3. The van der Waals surface area contributed by atoms with Crippen LogP contribution in [-0.4, -0.2) is 65.6 Å². The van der Waals surface area contributed by atoms with Crippen LogP contribution in [0.25, 0.3) is 11.0 Å². The van der Waals surface area contributed by atoms with Gasteiger partial charge in [-0.15, -0.1) is 0 Å². The van der Waals surface area contributed by atoms with Crippen LogP contribution in [0.5, 0.6) is 5.75 Å². The van der Waals surface area contributed by atoms with E-state index in [-0.39, 0.29) is 11.3 Å². The predicted octanol–water partition coefficient (Wildman–Crippen LogP) is -1.24. The van der Waals surface area contributed by atoms with Gasteiger partial charge in [-0.05, 0) is 24.6 Å². The van der Waals surface area contributed by atoms with E-state index in [4.69, 9.17) is 13.9 Å². The van der Waals surface area contributed by atoms with Crippen LogP contribution < -0.4 is 10.4 Å². The van der Waals surface area contributed by atoms with Gasteiger partial charge in [0, 0.05) is 17.5 Å². The molecule has 28 heavy (non-hydrogen) atoms. The van der Waals surface area contributed by atoms with E-state index in [1.54, 1.807) is 13.0 Å². The van der Waals surface area contributed by atoms with Crippen molar-refractivity contribution in [3.63, 3.8) is 0 Å². The first-order valence-electron chi connectivity index (χ1n) is 8.06. The fourth-order valence-electron chi connectivity index (χ4n) is 2.81. The highest BCUT2D eigenvalue weighted by molar-refractivity contribution is 7.80. The number of benzene rings is 1. The van der Waals surface area contributed by atoms with Crippen LogP contribution in [0.4, 0.5) is 0 Å². The topological polar surface area (TPSA) is 176 Å². The van der Waals surface area contributed by atoms with Gasteiger partial charge in [0.2, 0.25) is 16.7 Å². The number of rotatable bonds is 5. The second-order valence-corrected chi connectivity index (χ2v) is 7.28. The van der Waals surface area contributed by atoms with Gasteiger partial charge in [-0.3, -0.25) is 4.18 Å². The molecule has 0 spiro atoms. The molecular formula is C16H17O11S-. The van der Waals surface area contributed by atoms with Gasteiger partial charge in [-0.1, -0.05) is 0 Å². The number of ether oxygens (including phenoxy) is 2. The Bertz CT molecular complexity index is 1010. The fraction of sp³-hybridized carbons (Fsp3) is 0.438. The molecule has 3 N–H and O–H groups in total. The van der Waals surface area contributed by atoms with Crippen molar-refractivity contribution >= 4 is 21.4 Å². The summed E-state index contributed by atoms with van der Waals surface area (Å²) in [5, 5.41) is 30.5. The third-order valence-electron chi connectivity index (χ3n) is 4.22. The van der Waals surface area contributed by atoms with E-state index >= 15 is 0 Å². The van der Waals surface area contributed by atoms with Gasteiger partial charge < -0.3 is 33.8 Å². The molecule has 2 aromatic rings. The van der Waals surface area contributed by atoms with Gasteiger partial charge in [-0.25, -0.2) is 13.2 Å². The summed E-state index contributed by atoms with van der Waals surface area (Å²) in [5.74, 6) is 0.102. The lowest BCUT2D eigenvalue weighted by Crippen LogP contribution is -2.60. The highest BCUT2D eigenvalue weighted by Gasteiger charge is 2.45. The van der Waals surface area contributed by atoms with E-state index in [0.717, 1.165) is 0 Å². The molecule has 154 valence electrons. The zero-order valence-electron chi connectivity index (χ0n) is 14.4. The molecule has 11 nitrogen and oxygen atoms in total. The second kappa shape index (κ2) is 7.75. The molecule has 1 aromatic carbocycles. The first-order chi connectivity index (χ1) is 13.0. The zero-order valence-corrected chi connectivity index (χ0v) is 15.2. The minimum atomic E-state index is -5.05. The van der Waals surface area contributed by atoms with Crippen molar-refractivity contribution in [2.75, 3.05) is 6.61 Å². The summed E-state index contributed by atoms with van der Waals surface area (Å²) in [6.45, 7) is 0.836. The van der Waals surface area contributed by atoms with Crippen molar-refractivity contribution in [3.8, 4) is 5.75 Å². The van der Waals surface area contributed by atoms with Crippen LogP contribution in [0.1, 0.15) is 5.56 Å². The molecule has 1 saturated heterocycles. The van der Waals surface area contributed by atoms with Crippen LogP contribution in [0, 0.1) is 6.92 Å². The summed E-state index contributed by atoms with van der Waals surface area (Å²) in [6, 6.07) is 5.79. The molecule has 12 heteroatoms. The second-order valence-electron chi connectivity index (χ2n) is 6.23. The van der Waals surface area contributed by atoms with Crippen LogP contribution in [0.15, 0.2) is 33.5 Å². The van der Waals surface area contributed by atoms with Crippen molar-refractivity contribution in [2.24, 2.45) is 0 Å². The van der Waals surface area contributed by atoms with Gasteiger partial charge in [-0.2, -0.15) is 0 Å². The molecule has 0 saturated carbocycles. The Morgan fingerprint density at radius 1 is 1.14 bits per heavy atom. The molecule has 1 aromatic heterocycles. The zero-order chi connectivity index (χ0) is 20.6. The third kappa shape index (κ3) is 4.50. The monoisotopic (exact) mass is 417 g/mol. The van der Waals surface area contributed by atoms with Crippen LogP contribution >= 0.6 is 0 Å². The average Bonchev–Trinajstić information content (AvgIpc) is 2.60. The van der Waals surface area contributed by atoms with Crippen LogP contribution in [-0.2, 0) is 19.3 Å². The normalized spacial score (nSPS) is 28.4. The SMILES string of the molecule is Cc1cc(=O)oc2cc(O[C@@H]3OC(COS(=O)(=O)[O-])[C@H](O)[C@H](O)[C@@H]3O)ccc12. The lowest BCUT2D eigenvalue weighted by atomic mass is 9.99. The minimum absolute atomic E-state index is 0.102. The first kappa shape index (κ1) is 20.7. The number of hydrogen-bond donors (Lipinski definition) is 3. The molecule has 1 fully saturated rings. The number of hydrogen-bond acceptors (Lipinski definition) is 11. The maximum absolute atomic E-state index is 11.5.